The average molecular weight is 328 g/mol. The number of hydrogen-bond acceptors (Lipinski definition) is 3. The molecular weight excluding hydrogens is 312 g/mol. The van der Waals surface area contributed by atoms with Crippen molar-refractivity contribution in [3.8, 4) is 11.3 Å². The van der Waals surface area contributed by atoms with Crippen molar-refractivity contribution >= 4 is 28.6 Å². The number of aromatic nitrogens is 1. The number of rotatable bonds is 2. The Morgan fingerprint density at radius 2 is 1.86 bits per heavy atom. The number of aryl methyl sites for hydroxylation is 2. The van der Waals surface area contributed by atoms with E-state index in [2.05, 4.69) is 43.1 Å². The molecule has 0 saturated heterocycles. The van der Waals surface area contributed by atoms with Gasteiger partial charge in [0.15, 0.2) is 4.80 Å². The summed E-state index contributed by atoms with van der Waals surface area (Å²) in [6, 6.07) is 12.1. The van der Waals surface area contributed by atoms with E-state index in [9.17, 15) is 4.79 Å². The van der Waals surface area contributed by atoms with Gasteiger partial charge in [0.1, 0.15) is 0 Å². The van der Waals surface area contributed by atoms with Crippen molar-refractivity contribution in [2.24, 2.45) is 12.0 Å². The molecule has 0 saturated carbocycles. The van der Waals surface area contributed by atoms with Crippen LogP contribution in [0.2, 0.25) is 0 Å². The minimum atomic E-state index is -0.178. The maximum atomic E-state index is 12.2. The molecule has 5 heteroatoms. The Bertz CT molecular complexity index is 869. The first kappa shape index (κ1) is 14.9. The number of carbonyl (C=O) groups excluding carboxylic acids is 1. The second kappa shape index (κ2) is 6.02. The van der Waals surface area contributed by atoms with Crippen LogP contribution in [0.25, 0.3) is 11.3 Å². The summed E-state index contributed by atoms with van der Waals surface area (Å²) < 4.78 is 2.00. The molecule has 3 aromatic rings. The van der Waals surface area contributed by atoms with E-state index in [0.717, 1.165) is 20.9 Å². The lowest BCUT2D eigenvalue weighted by Gasteiger charge is -2.05. The molecule has 3 nitrogen and oxygen atoms in total. The zero-order valence-corrected chi connectivity index (χ0v) is 14.3. The van der Waals surface area contributed by atoms with Gasteiger partial charge in [0.2, 0.25) is 0 Å². The zero-order chi connectivity index (χ0) is 15.7. The Labute approximate surface area is 137 Å². The summed E-state index contributed by atoms with van der Waals surface area (Å²) in [5.41, 5.74) is 3.49. The van der Waals surface area contributed by atoms with Gasteiger partial charge < -0.3 is 4.57 Å². The first-order valence-corrected chi connectivity index (χ1v) is 8.62. The van der Waals surface area contributed by atoms with Crippen LogP contribution in [-0.4, -0.2) is 10.5 Å². The zero-order valence-electron chi connectivity index (χ0n) is 12.7. The van der Waals surface area contributed by atoms with E-state index in [4.69, 9.17) is 0 Å². The molecule has 112 valence electrons. The van der Waals surface area contributed by atoms with Gasteiger partial charge in [-0.05, 0) is 30.9 Å². The van der Waals surface area contributed by atoms with E-state index in [1.54, 1.807) is 17.4 Å². The number of hydrogen-bond donors (Lipinski definition) is 0. The van der Waals surface area contributed by atoms with E-state index >= 15 is 0 Å². The van der Waals surface area contributed by atoms with Crippen molar-refractivity contribution in [2.75, 3.05) is 0 Å². The Hall–Kier alpha value is -1.98. The third-order valence-electron chi connectivity index (χ3n) is 3.45. The monoisotopic (exact) mass is 328 g/mol. The Kier molecular flexibility index (Phi) is 4.09. The second-order valence-corrected chi connectivity index (χ2v) is 7.24. The van der Waals surface area contributed by atoms with E-state index in [-0.39, 0.29) is 5.91 Å². The minimum absolute atomic E-state index is 0.178. The summed E-state index contributed by atoms with van der Waals surface area (Å²) in [4.78, 5) is 19.0. The SMILES string of the molecule is Cc1ccc(-c2c(C)sc(=NC(=O)c3cccs3)n2C)cc1. The normalized spacial score (nSPS) is 11.9. The van der Waals surface area contributed by atoms with Crippen LogP contribution in [0.5, 0.6) is 0 Å². The molecule has 1 amide bonds. The third-order valence-corrected chi connectivity index (χ3v) is 5.36. The van der Waals surface area contributed by atoms with Gasteiger partial charge in [-0.25, -0.2) is 0 Å². The topological polar surface area (TPSA) is 34.4 Å². The number of benzene rings is 1. The van der Waals surface area contributed by atoms with Gasteiger partial charge in [0.05, 0.1) is 10.6 Å². The van der Waals surface area contributed by atoms with Crippen LogP contribution in [-0.2, 0) is 7.05 Å². The number of thiophene rings is 1. The van der Waals surface area contributed by atoms with Gasteiger partial charge in [-0.3, -0.25) is 4.79 Å². The van der Waals surface area contributed by atoms with Crippen LogP contribution in [0.4, 0.5) is 0 Å². The Morgan fingerprint density at radius 3 is 2.50 bits per heavy atom. The van der Waals surface area contributed by atoms with Crippen molar-refractivity contribution in [1.29, 1.82) is 0 Å². The quantitative estimate of drug-likeness (QED) is 0.695. The predicted octanol–water partition coefficient (Wildman–Crippen LogP) is 4.17. The standard InChI is InChI=1S/C17H16N2OS2/c1-11-6-8-13(9-7-11)15-12(2)22-17(19(15)3)18-16(20)14-5-4-10-21-14/h4-10H,1-3H3. The van der Waals surface area contributed by atoms with Gasteiger partial charge in [-0.15, -0.1) is 22.7 Å². The largest absolute Gasteiger partial charge is 0.319 e. The first-order valence-electron chi connectivity index (χ1n) is 6.92. The highest BCUT2D eigenvalue weighted by Crippen LogP contribution is 2.24. The van der Waals surface area contributed by atoms with Crippen molar-refractivity contribution in [2.45, 2.75) is 13.8 Å². The summed E-state index contributed by atoms with van der Waals surface area (Å²) >= 11 is 2.96. The summed E-state index contributed by atoms with van der Waals surface area (Å²) in [5, 5.41) is 1.89. The lowest BCUT2D eigenvalue weighted by molar-refractivity contribution is 0.100. The number of thiazole rings is 1. The van der Waals surface area contributed by atoms with Gasteiger partial charge in [-0.1, -0.05) is 35.9 Å². The third kappa shape index (κ3) is 2.82. The molecule has 0 N–H and O–H groups in total. The molecule has 0 unspecified atom stereocenters. The van der Waals surface area contributed by atoms with Gasteiger partial charge >= 0.3 is 0 Å². The Morgan fingerprint density at radius 1 is 1.14 bits per heavy atom. The van der Waals surface area contributed by atoms with Crippen molar-refractivity contribution in [3.63, 3.8) is 0 Å². The van der Waals surface area contributed by atoms with Gasteiger partial charge in [-0.2, -0.15) is 4.99 Å². The molecule has 0 aliphatic carbocycles. The fourth-order valence-electron chi connectivity index (χ4n) is 2.33. The van der Waals surface area contributed by atoms with E-state index in [0.29, 0.717) is 4.88 Å². The summed E-state index contributed by atoms with van der Waals surface area (Å²) in [6.07, 6.45) is 0. The highest BCUT2D eigenvalue weighted by Gasteiger charge is 2.11. The van der Waals surface area contributed by atoms with Crippen LogP contribution in [0.3, 0.4) is 0 Å². The molecule has 0 bridgehead atoms. The number of nitrogens with zero attached hydrogens (tertiary/aromatic N) is 2. The maximum Gasteiger partial charge on any atom is 0.289 e. The molecule has 2 aromatic heterocycles. The van der Waals surface area contributed by atoms with Gasteiger partial charge in [0, 0.05) is 11.9 Å². The molecule has 0 atom stereocenters. The fraction of sp³-hybridized carbons (Fsp3) is 0.176. The van der Waals surface area contributed by atoms with Crippen LogP contribution in [0, 0.1) is 13.8 Å². The molecule has 0 aliphatic heterocycles. The lowest BCUT2D eigenvalue weighted by atomic mass is 10.1. The van der Waals surface area contributed by atoms with Crippen LogP contribution >= 0.6 is 22.7 Å². The van der Waals surface area contributed by atoms with E-state index < -0.39 is 0 Å². The molecule has 0 aliphatic rings. The highest BCUT2D eigenvalue weighted by atomic mass is 32.1. The van der Waals surface area contributed by atoms with E-state index in [1.165, 1.54) is 16.9 Å². The minimum Gasteiger partial charge on any atom is -0.319 e. The van der Waals surface area contributed by atoms with Gasteiger partial charge in [0.25, 0.3) is 5.91 Å². The van der Waals surface area contributed by atoms with Crippen molar-refractivity contribution in [1.82, 2.24) is 4.57 Å². The van der Waals surface area contributed by atoms with Crippen LogP contribution < -0.4 is 4.80 Å². The predicted molar refractivity (Wildman–Crippen MR) is 92.4 cm³/mol. The Balaban J connectivity index is 2.07. The van der Waals surface area contributed by atoms with E-state index in [1.807, 2.05) is 23.1 Å². The summed E-state index contributed by atoms with van der Waals surface area (Å²) in [6.45, 7) is 4.14. The maximum absolute atomic E-state index is 12.2. The summed E-state index contributed by atoms with van der Waals surface area (Å²) in [5.74, 6) is -0.178. The van der Waals surface area contributed by atoms with Crippen molar-refractivity contribution < 1.29 is 4.79 Å². The molecule has 2 heterocycles. The second-order valence-electron chi connectivity index (χ2n) is 5.11. The molecule has 1 aromatic carbocycles. The molecule has 3 rings (SSSR count). The van der Waals surface area contributed by atoms with Crippen LogP contribution in [0.15, 0.2) is 46.8 Å². The first-order chi connectivity index (χ1) is 10.6. The number of amides is 1. The average Bonchev–Trinajstić information content (AvgIpc) is 3.10. The van der Waals surface area contributed by atoms with Crippen molar-refractivity contribution in [3.05, 3.63) is 61.9 Å². The number of carbonyl (C=O) groups is 1. The smallest absolute Gasteiger partial charge is 0.289 e. The summed E-state index contributed by atoms with van der Waals surface area (Å²) in [7, 11) is 1.96. The van der Waals surface area contributed by atoms with Crippen LogP contribution in [0.1, 0.15) is 20.1 Å². The highest BCUT2D eigenvalue weighted by molar-refractivity contribution is 7.12. The molecule has 0 radical (unpaired) electrons. The molecule has 0 spiro atoms. The fourth-order valence-corrected chi connectivity index (χ4v) is 3.92. The molecular formula is C17H16N2OS2. The lowest BCUT2D eigenvalue weighted by Crippen LogP contribution is -2.14. The molecule has 0 fully saturated rings. The molecule has 22 heavy (non-hydrogen) atoms.